The van der Waals surface area contributed by atoms with Crippen LogP contribution in [0.25, 0.3) is 0 Å². The Labute approximate surface area is 101 Å². The van der Waals surface area contributed by atoms with Gasteiger partial charge in [0, 0.05) is 6.20 Å². The fourth-order valence-corrected chi connectivity index (χ4v) is 1.55. The third kappa shape index (κ3) is 2.48. The summed E-state index contributed by atoms with van der Waals surface area (Å²) >= 11 is 0. The molecular weight excluding hydrogens is 244 g/mol. The van der Waals surface area contributed by atoms with Crippen molar-refractivity contribution in [2.75, 3.05) is 0 Å². The van der Waals surface area contributed by atoms with Gasteiger partial charge in [-0.1, -0.05) is 6.07 Å². The average Bonchev–Trinajstić information content (AvgIpc) is 2.85. The summed E-state index contributed by atoms with van der Waals surface area (Å²) in [6.45, 7) is 1.83. The van der Waals surface area contributed by atoms with Gasteiger partial charge in [-0.25, -0.2) is 13.5 Å². The lowest BCUT2D eigenvalue weighted by Crippen LogP contribution is -2.32. The summed E-state index contributed by atoms with van der Waals surface area (Å²) in [7, 11) is 0. The van der Waals surface area contributed by atoms with Gasteiger partial charge in [0.05, 0.1) is 5.69 Å². The van der Waals surface area contributed by atoms with Crippen molar-refractivity contribution in [1.82, 2.24) is 25.2 Å². The van der Waals surface area contributed by atoms with Crippen molar-refractivity contribution in [3.63, 3.8) is 0 Å². The number of rotatable bonds is 4. The molecule has 0 fully saturated rings. The molecule has 2 aromatic heterocycles. The van der Waals surface area contributed by atoms with E-state index in [1.165, 1.54) is 6.20 Å². The van der Waals surface area contributed by atoms with Gasteiger partial charge < -0.3 is 5.11 Å². The first-order chi connectivity index (χ1) is 8.59. The van der Waals surface area contributed by atoms with Crippen LogP contribution in [0.4, 0.5) is 8.78 Å². The molecule has 18 heavy (non-hydrogen) atoms. The minimum Gasteiger partial charge on any atom is -0.384 e. The van der Waals surface area contributed by atoms with E-state index in [1.54, 1.807) is 12.1 Å². The van der Waals surface area contributed by atoms with Gasteiger partial charge in [0.15, 0.2) is 0 Å². The standard InChI is InChI=1S/C10H11F2N5O/c1-6-2-3-7(13-4-6)8(9(18)10(11)12)17-5-14-15-16-17/h2-5,8-10,18H,1H3. The van der Waals surface area contributed by atoms with E-state index in [4.69, 9.17) is 0 Å². The Hall–Kier alpha value is -1.96. The lowest BCUT2D eigenvalue weighted by molar-refractivity contribution is -0.0292. The Balaban J connectivity index is 2.39. The maximum absolute atomic E-state index is 12.7. The molecule has 0 aliphatic carbocycles. The smallest absolute Gasteiger partial charge is 0.266 e. The lowest BCUT2D eigenvalue weighted by atomic mass is 10.1. The molecule has 0 aromatic carbocycles. The molecule has 2 rings (SSSR count). The molecule has 1 N–H and O–H groups in total. The number of aromatic nitrogens is 5. The molecule has 0 amide bonds. The molecule has 0 aliphatic heterocycles. The first-order valence-electron chi connectivity index (χ1n) is 5.21. The van der Waals surface area contributed by atoms with Crippen molar-refractivity contribution in [3.05, 3.63) is 35.9 Å². The van der Waals surface area contributed by atoms with Gasteiger partial charge in [0.2, 0.25) is 0 Å². The van der Waals surface area contributed by atoms with Gasteiger partial charge in [0.1, 0.15) is 18.5 Å². The summed E-state index contributed by atoms with van der Waals surface area (Å²) in [5.74, 6) is 0. The zero-order valence-corrected chi connectivity index (χ0v) is 9.48. The van der Waals surface area contributed by atoms with Crippen molar-refractivity contribution in [1.29, 1.82) is 0 Å². The van der Waals surface area contributed by atoms with Crippen molar-refractivity contribution in [2.45, 2.75) is 25.5 Å². The second-order valence-corrected chi connectivity index (χ2v) is 3.82. The summed E-state index contributed by atoms with van der Waals surface area (Å²) in [6, 6.07) is 2.17. The van der Waals surface area contributed by atoms with Gasteiger partial charge in [-0.05, 0) is 29.0 Å². The lowest BCUT2D eigenvalue weighted by Gasteiger charge is -2.21. The number of aryl methyl sites for hydroxylation is 1. The molecule has 0 bridgehead atoms. The number of halogens is 2. The summed E-state index contributed by atoms with van der Waals surface area (Å²) in [6.07, 6.45) is -2.14. The molecule has 6 nitrogen and oxygen atoms in total. The maximum Gasteiger partial charge on any atom is 0.266 e. The van der Waals surface area contributed by atoms with Gasteiger partial charge in [-0.2, -0.15) is 0 Å². The van der Waals surface area contributed by atoms with Crippen LogP contribution in [-0.2, 0) is 0 Å². The molecule has 0 saturated carbocycles. The second kappa shape index (κ2) is 5.13. The number of nitrogens with zero attached hydrogens (tertiary/aromatic N) is 5. The maximum atomic E-state index is 12.7. The molecule has 2 atom stereocenters. The van der Waals surface area contributed by atoms with Crippen molar-refractivity contribution < 1.29 is 13.9 Å². The molecule has 0 radical (unpaired) electrons. The monoisotopic (exact) mass is 255 g/mol. The van der Waals surface area contributed by atoms with Crippen LogP contribution < -0.4 is 0 Å². The normalized spacial score (nSPS) is 14.7. The minimum absolute atomic E-state index is 0.278. The Bertz CT molecular complexity index is 487. The highest BCUT2D eigenvalue weighted by Crippen LogP contribution is 2.23. The van der Waals surface area contributed by atoms with E-state index in [2.05, 4.69) is 20.5 Å². The van der Waals surface area contributed by atoms with Crippen molar-refractivity contribution >= 4 is 0 Å². The number of hydrogen-bond acceptors (Lipinski definition) is 5. The van der Waals surface area contributed by atoms with Crippen LogP contribution in [0.15, 0.2) is 24.7 Å². The van der Waals surface area contributed by atoms with Gasteiger partial charge >= 0.3 is 0 Å². The first-order valence-corrected chi connectivity index (χ1v) is 5.21. The quantitative estimate of drug-likeness (QED) is 0.865. The molecule has 0 aliphatic rings. The Morgan fingerprint density at radius 3 is 2.61 bits per heavy atom. The number of pyridine rings is 1. The molecular formula is C10H11F2N5O. The van der Waals surface area contributed by atoms with Crippen LogP contribution in [0.5, 0.6) is 0 Å². The van der Waals surface area contributed by atoms with Crippen LogP contribution in [0.3, 0.4) is 0 Å². The Morgan fingerprint density at radius 1 is 1.33 bits per heavy atom. The highest BCUT2D eigenvalue weighted by Gasteiger charge is 2.32. The fraction of sp³-hybridized carbons (Fsp3) is 0.400. The highest BCUT2D eigenvalue weighted by atomic mass is 19.3. The van der Waals surface area contributed by atoms with E-state index in [0.29, 0.717) is 0 Å². The zero-order chi connectivity index (χ0) is 13.1. The van der Waals surface area contributed by atoms with E-state index in [1.807, 2.05) is 6.92 Å². The van der Waals surface area contributed by atoms with E-state index < -0.39 is 18.6 Å². The second-order valence-electron chi connectivity index (χ2n) is 3.82. The van der Waals surface area contributed by atoms with Crippen LogP contribution in [0.2, 0.25) is 0 Å². The SMILES string of the molecule is Cc1ccc(C(C(O)C(F)F)n2cnnn2)nc1. The predicted octanol–water partition coefficient (Wildman–Crippen LogP) is 0.592. The minimum atomic E-state index is -2.91. The summed E-state index contributed by atoms with van der Waals surface area (Å²) in [5, 5.41) is 19.9. The molecule has 0 spiro atoms. The van der Waals surface area contributed by atoms with E-state index >= 15 is 0 Å². The van der Waals surface area contributed by atoms with Crippen LogP contribution >= 0.6 is 0 Å². The zero-order valence-electron chi connectivity index (χ0n) is 9.48. The van der Waals surface area contributed by atoms with Gasteiger partial charge in [0.25, 0.3) is 6.43 Å². The van der Waals surface area contributed by atoms with E-state index in [0.717, 1.165) is 16.6 Å². The summed E-state index contributed by atoms with van der Waals surface area (Å²) < 4.78 is 26.4. The third-order valence-corrected chi connectivity index (χ3v) is 2.47. The van der Waals surface area contributed by atoms with Crippen LogP contribution in [0.1, 0.15) is 17.3 Å². The molecule has 0 saturated heterocycles. The van der Waals surface area contributed by atoms with Gasteiger partial charge in [-0.3, -0.25) is 4.98 Å². The van der Waals surface area contributed by atoms with E-state index in [9.17, 15) is 13.9 Å². The molecule has 96 valence electrons. The number of alkyl halides is 2. The molecule has 8 heteroatoms. The van der Waals surface area contributed by atoms with Crippen LogP contribution in [-0.4, -0.2) is 42.8 Å². The number of aliphatic hydroxyl groups is 1. The van der Waals surface area contributed by atoms with E-state index in [-0.39, 0.29) is 5.69 Å². The summed E-state index contributed by atoms with van der Waals surface area (Å²) in [4.78, 5) is 4.03. The fourth-order valence-electron chi connectivity index (χ4n) is 1.55. The largest absolute Gasteiger partial charge is 0.384 e. The van der Waals surface area contributed by atoms with Crippen molar-refractivity contribution in [2.24, 2.45) is 0 Å². The topological polar surface area (TPSA) is 76.7 Å². The average molecular weight is 255 g/mol. The third-order valence-electron chi connectivity index (χ3n) is 2.47. The first kappa shape index (κ1) is 12.5. The van der Waals surface area contributed by atoms with Gasteiger partial charge in [-0.15, -0.1) is 5.10 Å². The van der Waals surface area contributed by atoms with Crippen LogP contribution in [0, 0.1) is 6.92 Å². The Morgan fingerprint density at radius 2 is 2.11 bits per heavy atom. The molecule has 2 aromatic rings. The molecule has 2 heterocycles. The predicted molar refractivity (Wildman–Crippen MR) is 56.9 cm³/mol. The Kier molecular flexibility index (Phi) is 3.56. The number of hydrogen-bond donors (Lipinski definition) is 1. The highest BCUT2D eigenvalue weighted by molar-refractivity contribution is 5.16. The molecule has 2 unspecified atom stereocenters. The summed E-state index contributed by atoms with van der Waals surface area (Å²) in [5.41, 5.74) is 1.17. The number of tetrazole rings is 1. The van der Waals surface area contributed by atoms with Crippen molar-refractivity contribution in [3.8, 4) is 0 Å². The number of aliphatic hydroxyl groups excluding tert-OH is 1.